The number of aliphatic hydroxyl groups excluding tert-OH is 1. The van der Waals surface area contributed by atoms with Crippen LogP contribution in [0.4, 0.5) is 0 Å². The van der Waals surface area contributed by atoms with Crippen molar-refractivity contribution in [3.8, 4) is 0 Å². The molecule has 0 bridgehead atoms. The second-order valence-electron chi connectivity index (χ2n) is 1.66. The van der Waals surface area contributed by atoms with E-state index in [4.69, 9.17) is 10.2 Å². The Labute approximate surface area is 53.1 Å². The molecule has 0 aromatic heterocycles. The molecule has 0 saturated carbocycles. The van der Waals surface area contributed by atoms with E-state index >= 15 is 0 Å². The minimum Gasteiger partial charge on any atom is -0.479 e. The number of aliphatic carboxylic acids is 1. The molecule has 1 unspecified atom stereocenters. The van der Waals surface area contributed by atoms with Gasteiger partial charge in [0.1, 0.15) is 0 Å². The van der Waals surface area contributed by atoms with Crippen LogP contribution in [0.15, 0.2) is 0 Å². The van der Waals surface area contributed by atoms with Gasteiger partial charge in [-0.1, -0.05) is 0 Å². The molecule has 0 heterocycles. The molecule has 0 aliphatic heterocycles. The van der Waals surface area contributed by atoms with Crippen LogP contribution in [-0.4, -0.2) is 35.5 Å². The smallest absolute Gasteiger partial charge is 0.338 e. The lowest BCUT2D eigenvalue weighted by Gasteiger charge is -2.18. The molecule has 1 radical (unpaired) electrons. The first-order chi connectivity index (χ1) is 4.06. The third-order valence-corrected chi connectivity index (χ3v) is 1.04. The molecule has 9 heavy (non-hydrogen) atoms. The lowest BCUT2D eigenvalue weighted by Crippen LogP contribution is -2.41. The van der Waals surface area contributed by atoms with E-state index in [0.29, 0.717) is 0 Å². The lowest BCUT2D eigenvalue weighted by atomic mass is 10.1. The van der Waals surface area contributed by atoms with Gasteiger partial charge in [0.25, 0.3) is 0 Å². The maximum Gasteiger partial charge on any atom is 0.338 e. The van der Waals surface area contributed by atoms with Crippen LogP contribution in [0.5, 0.6) is 0 Å². The Kier molecular flexibility index (Phi) is 2.61. The second kappa shape index (κ2) is 2.80. The number of hydrogen-bond acceptors (Lipinski definition) is 3. The minimum atomic E-state index is -1.69. The van der Waals surface area contributed by atoms with Crippen LogP contribution >= 0.6 is 0 Å². The molecule has 0 aliphatic rings. The summed E-state index contributed by atoms with van der Waals surface area (Å²) in [5.41, 5.74) is -1.69. The Bertz CT molecular complexity index is 106. The van der Waals surface area contributed by atoms with Gasteiger partial charge in [-0.3, -0.25) is 0 Å². The molecular weight excluding hydrogens is 124 g/mol. The van der Waals surface area contributed by atoms with Crippen LogP contribution in [0.25, 0.3) is 0 Å². The van der Waals surface area contributed by atoms with Crippen molar-refractivity contribution < 1.29 is 19.7 Å². The van der Waals surface area contributed by atoms with Gasteiger partial charge >= 0.3 is 5.97 Å². The van der Waals surface area contributed by atoms with E-state index in [1.165, 1.54) is 7.11 Å². The topological polar surface area (TPSA) is 66.8 Å². The molecule has 0 aromatic carbocycles. The number of carbonyl (C=O) groups is 1. The second-order valence-corrected chi connectivity index (χ2v) is 1.66. The minimum absolute atomic E-state index is 0.626. The first-order valence-electron chi connectivity index (χ1n) is 2.31. The molecule has 0 spiro atoms. The van der Waals surface area contributed by atoms with Crippen molar-refractivity contribution in [1.29, 1.82) is 0 Å². The van der Waals surface area contributed by atoms with Crippen LogP contribution in [0.2, 0.25) is 0 Å². The zero-order chi connectivity index (χ0) is 7.49. The van der Waals surface area contributed by atoms with E-state index in [1.54, 1.807) is 0 Å². The lowest BCUT2D eigenvalue weighted by molar-refractivity contribution is -0.160. The quantitative estimate of drug-likeness (QED) is 0.533. The van der Waals surface area contributed by atoms with Gasteiger partial charge in [-0.2, -0.15) is 0 Å². The highest BCUT2D eigenvalue weighted by molar-refractivity contribution is 5.78. The van der Waals surface area contributed by atoms with E-state index in [1.807, 2.05) is 0 Å². The predicted molar refractivity (Wildman–Crippen MR) is 29.8 cm³/mol. The molecule has 0 amide bonds. The maximum absolute atomic E-state index is 10.1. The monoisotopic (exact) mass is 133 g/mol. The summed E-state index contributed by atoms with van der Waals surface area (Å²) in [6.07, 6.45) is 0. The zero-order valence-electron chi connectivity index (χ0n) is 5.13. The molecule has 0 aromatic rings. The van der Waals surface area contributed by atoms with Crippen molar-refractivity contribution in [1.82, 2.24) is 0 Å². The molecule has 0 fully saturated rings. The Morgan fingerprint density at radius 1 is 1.89 bits per heavy atom. The van der Waals surface area contributed by atoms with Gasteiger partial charge in [-0.05, 0) is 6.92 Å². The van der Waals surface area contributed by atoms with Crippen LogP contribution in [-0.2, 0) is 9.53 Å². The molecule has 53 valence electrons. The average Bonchev–Trinajstić information content (AvgIpc) is 1.86. The summed E-state index contributed by atoms with van der Waals surface area (Å²) >= 11 is 0. The fraction of sp³-hybridized carbons (Fsp3) is 0.600. The standard InChI is InChI=1S/C5H9O4/c1-5(3-6,9-2)4(7)8/h6H,1,3H2,2H3,(H,7,8). The van der Waals surface area contributed by atoms with E-state index in [0.717, 1.165) is 0 Å². The average molecular weight is 133 g/mol. The number of ether oxygens (including phenoxy) is 1. The summed E-state index contributed by atoms with van der Waals surface area (Å²) < 4.78 is 4.39. The normalized spacial score (nSPS) is 16.8. The molecular formula is C5H9O4. The summed E-state index contributed by atoms with van der Waals surface area (Å²) in [6, 6.07) is 0. The highest BCUT2D eigenvalue weighted by Crippen LogP contribution is 2.05. The van der Waals surface area contributed by atoms with Gasteiger partial charge < -0.3 is 14.9 Å². The number of aliphatic hydroxyl groups is 1. The summed E-state index contributed by atoms with van der Waals surface area (Å²) in [5.74, 6) is -1.27. The Hall–Kier alpha value is -0.610. The first-order valence-corrected chi connectivity index (χ1v) is 2.31. The molecule has 1 atom stereocenters. The molecule has 4 heteroatoms. The van der Waals surface area contributed by atoms with Gasteiger partial charge in [-0.25, -0.2) is 4.79 Å². The predicted octanol–water partition coefficient (Wildman–Crippen LogP) is -0.717. The van der Waals surface area contributed by atoms with Crippen molar-refractivity contribution in [3.63, 3.8) is 0 Å². The molecule has 4 nitrogen and oxygen atoms in total. The molecule has 0 saturated heterocycles. The number of hydrogen-bond donors (Lipinski definition) is 2. The molecule has 2 N–H and O–H groups in total. The van der Waals surface area contributed by atoms with Gasteiger partial charge in [0.05, 0.1) is 6.61 Å². The van der Waals surface area contributed by atoms with E-state index in [9.17, 15) is 4.79 Å². The Morgan fingerprint density at radius 2 is 2.33 bits per heavy atom. The summed E-state index contributed by atoms with van der Waals surface area (Å²) in [4.78, 5) is 10.1. The summed E-state index contributed by atoms with van der Waals surface area (Å²) in [7, 11) is 1.18. The van der Waals surface area contributed by atoms with Crippen molar-refractivity contribution in [2.24, 2.45) is 0 Å². The summed E-state index contributed by atoms with van der Waals surface area (Å²) in [5, 5.41) is 16.7. The highest BCUT2D eigenvalue weighted by atomic mass is 16.5. The number of rotatable bonds is 3. The van der Waals surface area contributed by atoms with Crippen molar-refractivity contribution >= 4 is 5.97 Å². The number of carboxylic acid groups (broad SMARTS) is 1. The highest BCUT2D eigenvalue weighted by Gasteiger charge is 2.31. The van der Waals surface area contributed by atoms with E-state index in [2.05, 4.69) is 11.7 Å². The molecule has 0 aliphatic carbocycles. The third kappa shape index (κ3) is 1.65. The summed E-state index contributed by atoms with van der Waals surface area (Å²) in [6.45, 7) is 2.51. The largest absolute Gasteiger partial charge is 0.479 e. The number of methoxy groups -OCH3 is 1. The van der Waals surface area contributed by atoms with Crippen molar-refractivity contribution in [2.45, 2.75) is 5.60 Å². The van der Waals surface area contributed by atoms with Crippen LogP contribution < -0.4 is 0 Å². The van der Waals surface area contributed by atoms with Crippen molar-refractivity contribution in [3.05, 3.63) is 6.92 Å². The first kappa shape index (κ1) is 8.39. The van der Waals surface area contributed by atoms with Crippen LogP contribution in [0, 0.1) is 6.92 Å². The van der Waals surface area contributed by atoms with Crippen LogP contribution in [0.1, 0.15) is 0 Å². The van der Waals surface area contributed by atoms with E-state index in [-0.39, 0.29) is 0 Å². The van der Waals surface area contributed by atoms with Crippen LogP contribution in [0.3, 0.4) is 0 Å². The fourth-order valence-corrected chi connectivity index (χ4v) is 0.219. The fourth-order valence-electron chi connectivity index (χ4n) is 0.219. The molecule has 0 rings (SSSR count). The maximum atomic E-state index is 10.1. The van der Waals surface area contributed by atoms with E-state index < -0.39 is 18.2 Å². The van der Waals surface area contributed by atoms with Gasteiger partial charge in [0.2, 0.25) is 0 Å². The van der Waals surface area contributed by atoms with Gasteiger partial charge in [0, 0.05) is 7.11 Å². The zero-order valence-corrected chi connectivity index (χ0v) is 5.13. The number of carboxylic acids is 1. The third-order valence-electron chi connectivity index (χ3n) is 1.04. The van der Waals surface area contributed by atoms with Gasteiger partial charge in [-0.15, -0.1) is 0 Å². The Balaban J connectivity index is 4.09. The Morgan fingerprint density at radius 3 is 2.33 bits per heavy atom. The van der Waals surface area contributed by atoms with Crippen molar-refractivity contribution in [2.75, 3.05) is 13.7 Å². The van der Waals surface area contributed by atoms with Gasteiger partial charge in [0.15, 0.2) is 5.60 Å². The SMILES string of the molecule is [CH2]C(CO)(OC)C(=O)O.